The molecule has 1 fully saturated rings. The summed E-state index contributed by atoms with van der Waals surface area (Å²) in [5.74, 6) is 1.18. The van der Waals surface area contributed by atoms with Crippen LogP contribution in [0, 0.1) is 0 Å². The fourth-order valence-electron chi connectivity index (χ4n) is 2.47. The highest BCUT2D eigenvalue weighted by Gasteiger charge is 2.31. The molecule has 0 saturated heterocycles. The molecule has 5 nitrogen and oxygen atoms in total. The molecule has 0 bridgehead atoms. The molecule has 2 rings (SSSR count). The summed E-state index contributed by atoms with van der Waals surface area (Å²) in [5, 5.41) is 12.9. The molecule has 0 atom stereocenters. The van der Waals surface area contributed by atoms with Crippen LogP contribution in [0.2, 0.25) is 0 Å². The number of hydrogen-bond acceptors (Lipinski definition) is 4. The van der Waals surface area contributed by atoms with Crippen molar-refractivity contribution in [3.05, 3.63) is 24.3 Å². The van der Waals surface area contributed by atoms with Gasteiger partial charge in [-0.05, 0) is 44.0 Å². The molecule has 1 amide bonds. The number of carbonyl (C=O) groups is 1. The number of hydrogen-bond donors (Lipinski definition) is 2. The van der Waals surface area contributed by atoms with Gasteiger partial charge in [-0.15, -0.1) is 0 Å². The van der Waals surface area contributed by atoms with Crippen molar-refractivity contribution in [2.24, 2.45) is 0 Å². The van der Waals surface area contributed by atoms with E-state index in [0.29, 0.717) is 18.9 Å². The summed E-state index contributed by atoms with van der Waals surface area (Å²) in [6.45, 7) is 2.79. The summed E-state index contributed by atoms with van der Waals surface area (Å²) in [7, 11) is 0. The minimum absolute atomic E-state index is 0.0515. The van der Waals surface area contributed by atoms with E-state index in [-0.39, 0.29) is 12.5 Å². The van der Waals surface area contributed by atoms with Crippen molar-refractivity contribution in [3.8, 4) is 11.5 Å². The molecule has 0 aliphatic heterocycles. The van der Waals surface area contributed by atoms with Crippen LogP contribution in [0.3, 0.4) is 0 Å². The normalized spacial score (nSPS) is 16.5. The largest absolute Gasteiger partial charge is 0.494 e. The van der Waals surface area contributed by atoms with Crippen molar-refractivity contribution in [1.29, 1.82) is 0 Å². The Labute approximate surface area is 125 Å². The molecule has 0 spiro atoms. The lowest BCUT2D eigenvalue weighted by atomic mass is 10.0. The summed E-state index contributed by atoms with van der Waals surface area (Å²) < 4.78 is 10.7. The highest BCUT2D eigenvalue weighted by molar-refractivity contribution is 5.77. The monoisotopic (exact) mass is 293 g/mol. The molecule has 0 radical (unpaired) electrons. The first-order chi connectivity index (χ1) is 10.1. The van der Waals surface area contributed by atoms with Crippen LogP contribution < -0.4 is 14.8 Å². The molecule has 1 aliphatic carbocycles. The number of aliphatic hydroxyl groups is 1. The first kappa shape index (κ1) is 15.6. The summed E-state index contributed by atoms with van der Waals surface area (Å²) >= 11 is 0. The average molecular weight is 293 g/mol. The molecule has 116 valence electrons. The zero-order valence-corrected chi connectivity index (χ0v) is 12.4. The zero-order valence-electron chi connectivity index (χ0n) is 12.4. The van der Waals surface area contributed by atoms with Crippen molar-refractivity contribution < 1.29 is 19.4 Å². The molecule has 0 heterocycles. The topological polar surface area (TPSA) is 67.8 Å². The molecular formula is C16H23NO4. The maximum absolute atomic E-state index is 11.7. The summed E-state index contributed by atoms with van der Waals surface area (Å²) in [6, 6.07) is 7.14. The first-order valence-electron chi connectivity index (χ1n) is 7.46. The number of nitrogens with one attached hydrogen (secondary N) is 1. The standard InChI is InChI=1S/C16H23NO4/c1-2-20-13-5-7-14(8-6-13)21-11-15(18)17-12-16(19)9-3-4-10-16/h5-8,19H,2-4,9-12H2,1H3,(H,17,18). The minimum Gasteiger partial charge on any atom is -0.494 e. The maximum Gasteiger partial charge on any atom is 0.258 e. The minimum atomic E-state index is -0.727. The van der Waals surface area contributed by atoms with Crippen LogP contribution in [0.15, 0.2) is 24.3 Å². The van der Waals surface area contributed by atoms with Gasteiger partial charge in [0.1, 0.15) is 11.5 Å². The fourth-order valence-corrected chi connectivity index (χ4v) is 2.47. The van der Waals surface area contributed by atoms with E-state index >= 15 is 0 Å². The van der Waals surface area contributed by atoms with E-state index in [2.05, 4.69) is 5.32 Å². The molecule has 1 aromatic rings. The third-order valence-corrected chi connectivity index (χ3v) is 3.65. The third kappa shape index (κ3) is 4.93. The van der Waals surface area contributed by atoms with Gasteiger partial charge < -0.3 is 19.9 Å². The number of benzene rings is 1. The van der Waals surface area contributed by atoms with Gasteiger partial charge in [-0.25, -0.2) is 0 Å². The Morgan fingerprint density at radius 2 is 1.76 bits per heavy atom. The molecule has 5 heteroatoms. The Kier molecular flexibility index (Phi) is 5.44. The number of ether oxygens (including phenoxy) is 2. The summed E-state index contributed by atoms with van der Waals surface area (Å²) in [6.07, 6.45) is 3.56. The molecule has 1 aliphatic rings. The van der Waals surface area contributed by atoms with Crippen LogP contribution in [0.4, 0.5) is 0 Å². The highest BCUT2D eigenvalue weighted by atomic mass is 16.5. The van der Waals surface area contributed by atoms with Crippen LogP contribution in [0.5, 0.6) is 11.5 Å². The van der Waals surface area contributed by atoms with Crippen molar-refractivity contribution in [3.63, 3.8) is 0 Å². The molecule has 2 N–H and O–H groups in total. The lowest BCUT2D eigenvalue weighted by molar-refractivity contribution is -0.124. The van der Waals surface area contributed by atoms with E-state index in [1.54, 1.807) is 24.3 Å². The van der Waals surface area contributed by atoms with Gasteiger partial charge in [0.05, 0.1) is 12.2 Å². The number of carbonyl (C=O) groups excluding carboxylic acids is 1. The molecule has 0 unspecified atom stereocenters. The van der Waals surface area contributed by atoms with Crippen LogP contribution >= 0.6 is 0 Å². The predicted octanol–water partition coefficient (Wildman–Crippen LogP) is 1.89. The van der Waals surface area contributed by atoms with Crippen LogP contribution in [-0.2, 0) is 4.79 Å². The molecule has 21 heavy (non-hydrogen) atoms. The molecular weight excluding hydrogens is 270 g/mol. The van der Waals surface area contributed by atoms with E-state index in [1.807, 2.05) is 6.92 Å². The zero-order chi connectivity index (χ0) is 15.1. The van der Waals surface area contributed by atoms with Crippen LogP contribution in [-0.4, -0.2) is 36.4 Å². The lowest BCUT2D eigenvalue weighted by Crippen LogP contribution is -2.42. The van der Waals surface area contributed by atoms with Gasteiger partial charge in [-0.3, -0.25) is 4.79 Å². The number of amides is 1. The first-order valence-corrected chi connectivity index (χ1v) is 7.46. The Morgan fingerprint density at radius 1 is 1.19 bits per heavy atom. The SMILES string of the molecule is CCOc1ccc(OCC(=O)NCC2(O)CCCC2)cc1. The Morgan fingerprint density at radius 3 is 2.33 bits per heavy atom. The summed E-state index contributed by atoms with van der Waals surface area (Å²) in [4.78, 5) is 11.7. The molecule has 0 aromatic heterocycles. The van der Waals surface area contributed by atoms with Crippen LogP contribution in [0.25, 0.3) is 0 Å². The van der Waals surface area contributed by atoms with E-state index in [4.69, 9.17) is 9.47 Å². The average Bonchev–Trinajstić information content (AvgIpc) is 2.92. The molecule has 1 saturated carbocycles. The summed E-state index contributed by atoms with van der Waals surface area (Å²) in [5.41, 5.74) is -0.727. The van der Waals surface area contributed by atoms with Gasteiger partial charge in [0.2, 0.25) is 0 Å². The van der Waals surface area contributed by atoms with Gasteiger partial charge in [0.25, 0.3) is 5.91 Å². The maximum atomic E-state index is 11.7. The predicted molar refractivity (Wildman–Crippen MR) is 79.5 cm³/mol. The Hall–Kier alpha value is -1.75. The fraction of sp³-hybridized carbons (Fsp3) is 0.562. The van der Waals surface area contributed by atoms with Crippen molar-refractivity contribution in [2.75, 3.05) is 19.8 Å². The van der Waals surface area contributed by atoms with E-state index in [9.17, 15) is 9.90 Å². The Balaban J connectivity index is 1.70. The Bertz CT molecular complexity index is 452. The van der Waals surface area contributed by atoms with Crippen LogP contribution in [0.1, 0.15) is 32.6 Å². The van der Waals surface area contributed by atoms with Gasteiger partial charge in [-0.1, -0.05) is 12.8 Å². The van der Waals surface area contributed by atoms with Gasteiger partial charge >= 0.3 is 0 Å². The van der Waals surface area contributed by atoms with Crippen molar-refractivity contribution >= 4 is 5.91 Å². The molecule has 1 aromatic carbocycles. The quantitative estimate of drug-likeness (QED) is 0.805. The second kappa shape index (κ2) is 7.31. The second-order valence-corrected chi connectivity index (χ2v) is 5.40. The van der Waals surface area contributed by atoms with E-state index < -0.39 is 5.60 Å². The van der Waals surface area contributed by atoms with E-state index in [0.717, 1.165) is 31.4 Å². The number of rotatable bonds is 7. The lowest BCUT2D eigenvalue weighted by Gasteiger charge is -2.22. The van der Waals surface area contributed by atoms with Gasteiger partial charge in [-0.2, -0.15) is 0 Å². The third-order valence-electron chi connectivity index (χ3n) is 3.65. The highest BCUT2D eigenvalue weighted by Crippen LogP contribution is 2.28. The second-order valence-electron chi connectivity index (χ2n) is 5.40. The van der Waals surface area contributed by atoms with Gasteiger partial charge in [0, 0.05) is 6.54 Å². The van der Waals surface area contributed by atoms with Gasteiger partial charge in [0.15, 0.2) is 6.61 Å². The van der Waals surface area contributed by atoms with Crippen molar-refractivity contribution in [1.82, 2.24) is 5.32 Å². The van der Waals surface area contributed by atoms with Crippen molar-refractivity contribution in [2.45, 2.75) is 38.2 Å². The smallest absolute Gasteiger partial charge is 0.258 e. The van der Waals surface area contributed by atoms with E-state index in [1.165, 1.54) is 0 Å².